The van der Waals surface area contributed by atoms with Gasteiger partial charge in [0.1, 0.15) is 0 Å². The van der Waals surface area contributed by atoms with E-state index in [4.69, 9.17) is 5.11 Å². The first-order valence-electron chi connectivity index (χ1n) is 7.18. The Labute approximate surface area is 118 Å². The third-order valence-electron chi connectivity index (χ3n) is 4.54. The Morgan fingerprint density at radius 2 is 1.85 bits per heavy atom. The summed E-state index contributed by atoms with van der Waals surface area (Å²) in [6.07, 6.45) is 5.48. The Hall–Kier alpha value is -1.84. The molecular weight excluding hydrogens is 254 g/mol. The molecule has 1 aromatic carbocycles. The molecule has 0 atom stereocenters. The number of benzene rings is 1. The minimum Gasteiger partial charge on any atom is -0.478 e. The first-order chi connectivity index (χ1) is 9.59. The lowest BCUT2D eigenvalue weighted by molar-refractivity contribution is -0.120. The van der Waals surface area contributed by atoms with Gasteiger partial charge in [0.15, 0.2) is 0 Å². The van der Waals surface area contributed by atoms with Crippen LogP contribution in [0.1, 0.15) is 41.6 Å². The van der Waals surface area contributed by atoms with Crippen molar-refractivity contribution in [3.63, 3.8) is 0 Å². The van der Waals surface area contributed by atoms with Crippen molar-refractivity contribution >= 4 is 11.9 Å². The number of carbonyl (C=O) groups excluding carboxylic acids is 1. The van der Waals surface area contributed by atoms with Gasteiger partial charge in [-0.2, -0.15) is 0 Å². The molecule has 2 saturated carbocycles. The van der Waals surface area contributed by atoms with Crippen molar-refractivity contribution in [3.05, 3.63) is 35.4 Å². The molecular formula is C16H19NO3. The summed E-state index contributed by atoms with van der Waals surface area (Å²) in [5.74, 6) is -0.0706. The van der Waals surface area contributed by atoms with Crippen molar-refractivity contribution in [2.45, 2.75) is 32.1 Å². The van der Waals surface area contributed by atoms with Crippen LogP contribution in [0, 0.1) is 11.3 Å². The fourth-order valence-corrected chi connectivity index (χ4v) is 2.87. The second kappa shape index (κ2) is 4.93. The first kappa shape index (κ1) is 13.2. The molecule has 3 rings (SSSR count). The van der Waals surface area contributed by atoms with Crippen molar-refractivity contribution in [2.24, 2.45) is 11.3 Å². The maximum Gasteiger partial charge on any atom is 0.335 e. The van der Waals surface area contributed by atoms with Crippen LogP contribution in [-0.2, 0) is 11.2 Å². The Morgan fingerprint density at radius 3 is 2.35 bits per heavy atom. The minimum atomic E-state index is -0.943. The number of carbonyl (C=O) groups is 2. The molecule has 106 valence electrons. The van der Waals surface area contributed by atoms with Gasteiger partial charge in [-0.15, -0.1) is 0 Å². The molecule has 0 aromatic heterocycles. The molecule has 2 N–H and O–H groups in total. The van der Waals surface area contributed by atoms with E-state index >= 15 is 0 Å². The number of rotatable bonds is 6. The largest absolute Gasteiger partial charge is 0.478 e. The third kappa shape index (κ3) is 2.84. The Morgan fingerprint density at radius 1 is 1.20 bits per heavy atom. The third-order valence-corrected chi connectivity index (χ3v) is 4.54. The van der Waals surface area contributed by atoms with Crippen LogP contribution in [0.5, 0.6) is 0 Å². The predicted octanol–water partition coefficient (Wildman–Crippen LogP) is 2.23. The molecule has 4 heteroatoms. The number of carboxylic acid groups (broad SMARTS) is 1. The summed E-state index contributed by atoms with van der Waals surface area (Å²) in [5, 5.41) is 11.9. The summed E-state index contributed by atoms with van der Waals surface area (Å²) in [7, 11) is 0. The summed E-state index contributed by atoms with van der Waals surface area (Å²) in [6, 6.07) is 6.49. The van der Waals surface area contributed by atoms with Crippen LogP contribution in [0.2, 0.25) is 0 Å². The minimum absolute atomic E-state index is 0.0278. The fraction of sp³-hybridized carbons (Fsp3) is 0.500. The molecule has 0 spiro atoms. The number of hydrogen-bond acceptors (Lipinski definition) is 2. The standard InChI is InChI=1S/C16H19NO3/c18-14(17-10-16(7-8-16)13-5-6-13)9-11-1-3-12(4-2-11)15(19)20/h1-4,13H,5-10H2,(H,17,18)(H,19,20). The average molecular weight is 273 g/mol. The second-order valence-electron chi connectivity index (χ2n) is 6.09. The normalized spacial score (nSPS) is 19.4. The molecule has 2 fully saturated rings. The van der Waals surface area contributed by atoms with E-state index in [2.05, 4.69) is 5.32 Å². The molecule has 20 heavy (non-hydrogen) atoms. The van der Waals surface area contributed by atoms with E-state index in [0.717, 1.165) is 18.0 Å². The highest BCUT2D eigenvalue weighted by Crippen LogP contribution is 2.60. The second-order valence-corrected chi connectivity index (χ2v) is 6.09. The lowest BCUT2D eigenvalue weighted by Gasteiger charge is -2.14. The Bertz CT molecular complexity index is 527. The van der Waals surface area contributed by atoms with Crippen LogP contribution in [0.3, 0.4) is 0 Å². The van der Waals surface area contributed by atoms with E-state index in [1.807, 2.05) is 0 Å². The van der Waals surface area contributed by atoms with E-state index in [0.29, 0.717) is 11.8 Å². The number of amides is 1. The molecule has 0 heterocycles. The van der Waals surface area contributed by atoms with E-state index < -0.39 is 5.97 Å². The van der Waals surface area contributed by atoms with Gasteiger partial charge in [0, 0.05) is 6.54 Å². The van der Waals surface area contributed by atoms with Crippen molar-refractivity contribution in [2.75, 3.05) is 6.54 Å². The molecule has 0 aliphatic heterocycles. The molecule has 0 unspecified atom stereocenters. The lowest BCUT2D eigenvalue weighted by Crippen LogP contribution is -2.32. The quantitative estimate of drug-likeness (QED) is 0.835. The summed E-state index contributed by atoms with van der Waals surface area (Å²) in [6.45, 7) is 0.809. The molecule has 0 saturated heterocycles. The molecule has 1 amide bonds. The molecule has 4 nitrogen and oxygen atoms in total. The van der Waals surface area contributed by atoms with Crippen molar-refractivity contribution < 1.29 is 14.7 Å². The number of hydrogen-bond donors (Lipinski definition) is 2. The number of nitrogens with one attached hydrogen (secondary N) is 1. The first-order valence-corrected chi connectivity index (χ1v) is 7.18. The molecule has 0 radical (unpaired) electrons. The van der Waals surface area contributed by atoms with Crippen molar-refractivity contribution in [3.8, 4) is 0 Å². The van der Waals surface area contributed by atoms with E-state index in [1.165, 1.54) is 37.8 Å². The highest BCUT2D eigenvalue weighted by atomic mass is 16.4. The van der Waals surface area contributed by atoms with Gasteiger partial charge in [-0.25, -0.2) is 4.79 Å². The van der Waals surface area contributed by atoms with Gasteiger partial charge in [0.05, 0.1) is 12.0 Å². The SMILES string of the molecule is O=C(Cc1ccc(C(=O)O)cc1)NCC1(C2CC2)CC1. The number of carboxylic acids is 1. The number of aromatic carboxylic acids is 1. The molecule has 0 bridgehead atoms. The van der Waals surface area contributed by atoms with Crippen LogP contribution in [0.15, 0.2) is 24.3 Å². The summed E-state index contributed by atoms with van der Waals surface area (Å²) >= 11 is 0. The van der Waals surface area contributed by atoms with Gasteiger partial charge in [0.2, 0.25) is 5.91 Å². The van der Waals surface area contributed by atoms with Crippen molar-refractivity contribution in [1.82, 2.24) is 5.32 Å². The Kier molecular flexibility index (Phi) is 3.24. The van der Waals surface area contributed by atoms with Gasteiger partial charge in [-0.05, 0) is 54.7 Å². The smallest absolute Gasteiger partial charge is 0.335 e. The van der Waals surface area contributed by atoms with E-state index in [9.17, 15) is 9.59 Å². The van der Waals surface area contributed by atoms with Crippen molar-refractivity contribution in [1.29, 1.82) is 0 Å². The summed E-state index contributed by atoms with van der Waals surface area (Å²) < 4.78 is 0. The maximum absolute atomic E-state index is 11.9. The maximum atomic E-state index is 11.9. The van der Waals surface area contributed by atoms with Crippen LogP contribution >= 0.6 is 0 Å². The van der Waals surface area contributed by atoms with Crippen LogP contribution < -0.4 is 5.32 Å². The monoisotopic (exact) mass is 273 g/mol. The predicted molar refractivity (Wildman–Crippen MR) is 74.5 cm³/mol. The highest BCUT2D eigenvalue weighted by molar-refractivity contribution is 5.87. The van der Waals surface area contributed by atoms with Gasteiger partial charge in [-0.3, -0.25) is 4.79 Å². The summed E-state index contributed by atoms with van der Waals surface area (Å²) in [5.41, 5.74) is 1.52. The topological polar surface area (TPSA) is 66.4 Å². The average Bonchev–Trinajstić information content (AvgIpc) is 3.28. The van der Waals surface area contributed by atoms with Crippen LogP contribution in [-0.4, -0.2) is 23.5 Å². The van der Waals surface area contributed by atoms with E-state index in [-0.39, 0.29) is 11.5 Å². The Balaban J connectivity index is 1.49. The molecule has 1 aromatic rings. The molecule has 2 aliphatic carbocycles. The molecule has 2 aliphatic rings. The zero-order valence-electron chi connectivity index (χ0n) is 11.4. The van der Waals surface area contributed by atoms with Gasteiger partial charge in [-0.1, -0.05) is 12.1 Å². The van der Waals surface area contributed by atoms with Gasteiger partial charge < -0.3 is 10.4 Å². The van der Waals surface area contributed by atoms with Gasteiger partial charge >= 0.3 is 5.97 Å². The fourth-order valence-electron chi connectivity index (χ4n) is 2.87. The van der Waals surface area contributed by atoms with Crippen LogP contribution in [0.25, 0.3) is 0 Å². The zero-order chi connectivity index (χ0) is 14.2. The lowest BCUT2D eigenvalue weighted by atomic mass is 10.0. The van der Waals surface area contributed by atoms with E-state index in [1.54, 1.807) is 12.1 Å². The summed E-state index contributed by atoms with van der Waals surface area (Å²) in [4.78, 5) is 22.7. The van der Waals surface area contributed by atoms with Gasteiger partial charge in [0.25, 0.3) is 0 Å². The highest BCUT2D eigenvalue weighted by Gasteiger charge is 2.53. The van der Waals surface area contributed by atoms with Crippen LogP contribution in [0.4, 0.5) is 0 Å². The zero-order valence-corrected chi connectivity index (χ0v) is 11.4.